The van der Waals surface area contributed by atoms with Crippen molar-refractivity contribution in [3.8, 4) is 5.75 Å². The largest absolute Gasteiger partial charge is 0.497 e. The lowest BCUT2D eigenvalue weighted by Gasteiger charge is -2.64. The molecule has 0 unspecified atom stereocenters. The number of ether oxygens (including phenoxy) is 3. The molecule has 1 saturated carbocycles. The molecule has 0 aromatic heterocycles. The van der Waals surface area contributed by atoms with Crippen molar-refractivity contribution >= 4 is 11.7 Å². The van der Waals surface area contributed by atoms with Crippen LogP contribution < -0.4 is 9.64 Å². The zero-order valence-electron chi connectivity index (χ0n) is 20.6. The summed E-state index contributed by atoms with van der Waals surface area (Å²) in [4.78, 5) is 17.1. The van der Waals surface area contributed by atoms with Crippen molar-refractivity contribution < 1.29 is 24.1 Å². The molecule has 3 heterocycles. The quantitative estimate of drug-likeness (QED) is 0.375. The molecule has 4 aliphatic rings. The Morgan fingerprint density at radius 1 is 1.35 bits per heavy atom. The van der Waals surface area contributed by atoms with Crippen LogP contribution in [0.2, 0.25) is 0 Å². The molecule has 184 valence electrons. The highest BCUT2D eigenvalue weighted by Gasteiger charge is 2.77. The van der Waals surface area contributed by atoms with Crippen LogP contribution in [0.5, 0.6) is 5.75 Å². The first kappa shape index (κ1) is 23.4. The zero-order chi connectivity index (χ0) is 24.3. The number of hydrogen-bond acceptors (Lipinski definition) is 7. The van der Waals surface area contributed by atoms with Gasteiger partial charge in [-0.25, -0.2) is 0 Å². The van der Waals surface area contributed by atoms with Crippen LogP contribution in [0.3, 0.4) is 0 Å². The third-order valence-corrected chi connectivity index (χ3v) is 8.79. The van der Waals surface area contributed by atoms with Gasteiger partial charge in [0.05, 0.1) is 26.4 Å². The Kier molecular flexibility index (Phi) is 5.58. The van der Waals surface area contributed by atoms with Crippen molar-refractivity contribution in [1.82, 2.24) is 4.90 Å². The van der Waals surface area contributed by atoms with Crippen LogP contribution in [-0.2, 0) is 19.7 Å². The second-order valence-electron chi connectivity index (χ2n) is 10.2. The maximum absolute atomic E-state index is 12.7. The van der Waals surface area contributed by atoms with Gasteiger partial charge in [-0.05, 0) is 31.0 Å². The van der Waals surface area contributed by atoms with Crippen LogP contribution >= 0.6 is 0 Å². The van der Waals surface area contributed by atoms with E-state index in [-0.39, 0.29) is 24.1 Å². The Hall–Kier alpha value is -2.35. The van der Waals surface area contributed by atoms with Crippen molar-refractivity contribution in [3.05, 3.63) is 48.6 Å². The molecular weight excluding hydrogens is 432 g/mol. The van der Waals surface area contributed by atoms with Gasteiger partial charge in [0.2, 0.25) is 0 Å². The second-order valence-corrected chi connectivity index (χ2v) is 10.2. The van der Waals surface area contributed by atoms with Crippen molar-refractivity contribution in [1.29, 1.82) is 0 Å². The molecule has 0 amide bonds. The number of aliphatic hydroxyl groups is 1. The maximum Gasteiger partial charge on any atom is 0.303 e. The first-order valence-corrected chi connectivity index (χ1v) is 12.2. The van der Waals surface area contributed by atoms with E-state index in [1.54, 1.807) is 13.2 Å². The summed E-state index contributed by atoms with van der Waals surface area (Å²) in [6.45, 7) is 9.45. The summed E-state index contributed by atoms with van der Waals surface area (Å²) in [5.74, 6) is 0.389. The normalized spacial score (nSPS) is 37.7. The minimum absolute atomic E-state index is 0.0428. The number of carbonyl (C=O) groups excluding carboxylic acids is 1. The molecule has 1 N–H and O–H groups in total. The predicted molar refractivity (Wildman–Crippen MR) is 130 cm³/mol. The van der Waals surface area contributed by atoms with Gasteiger partial charge >= 0.3 is 5.97 Å². The second kappa shape index (κ2) is 8.11. The number of esters is 1. The first-order valence-electron chi connectivity index (χ1n) is 12.2. The van der Waals surface area contributed by atoms with Gasteiger partial charge in [-0.3, -0.25) is 9.69 Å². The summed E-state index contributed by atoms with van der Waals surface area (Å²) >= 11 is 0. The molecule has 3 aliphatic heterocycles. The average molecular weight is 469 g/mol. The monoisotopic (exact) mass is 468 g/mol. The summed E-state index contributed by atoms with van der Waals surface area (Å²) in [6.07, 6.45) is 6.95. The number of fused-ring (bicyclic) bond motifs is 1. The minimum atomic E-state index is -1.44. The summed E-state index contributed by atoms with van der Waals surface area (Å²) in [7, 11) is 3.70. The van der Waals surface area contributed by atoms with E-state index in [4.69, 9.17) is 14.2 Å². The van der Waals surface area contributed by atoms with E-state index in [1.807, 2.05) is 13.1 Å². The van der Waals surface area contributed by atoms with E-state index >= 15 is 0 Å². The van der Waals surface area contributed by atoms with E-state index in [0.29, 0.717) is 6.61 Å². The molecule has 6 atom stereocenters. The van der Waals surface area contributed by atoms with Gasteiger partial charge in [0.1, 0.15) is 17.5 Å². The molecule has 7 heteroatoms. The summed E-state index contributed by atoms with van der Waals surface area (Å²) < 4.78 is 17.6. The highest BCUT2D eigenvalue weighted by molar-refractivity contribution is 5.71. The molecule has 2 fully saturated rings. The molecule has 1 aromatic rings. The van der Waals surface area contributed by atoms with Crippen LogP contribution in [-0.4, -0.2) is 80.2 Å². The van der Waals surface area contributed by atoms with Gasteiger partial charge in [0.25, 0.3) is 0 Å². The molecule has 5 rings (SSSR count). The van der Waals surface area contributed by atoms with E-state index in [9.17, 15) is 9.90 Å². The summed E-state index contributed by atoms with van der Waals surface area (Å²) in [5, 5.41) is 12.7. The summed E-state index contributed by atoms with van der Waals surface area (Å²) in [5.41, 5.74) is -0.0628. The lowest BCUT2D eigenvalue weighted by Crippen LogP contribution is -2.80. The van der Waals surface area contributed by atoms with E-state index in [0.717, 1.165) is 37.4 Å². The highest BCUT2D eigenvalue weighted by atomic mass is 16.6. The molecule has 1 saturated heterocycles. The van der Waals surface area contributed by atoms with E-state index in [2.05, 4.69) is 47.6 Å². The van der Waals surface area contributed by atoms with Gasteiger partial charge in [0, 0.05) is 49.1 Å². The third-order valence-electron chi connectivity index (χ3n) is 8.79. The van der Waals surface area contributed by atoms with Gasteiger partial charge in [-0.2, -0.15) is 0 Å². The van der Waals surface area contributed by atoms with Crippen molar-refractivity contribution in [2.24, 2.45) is 5.41 Å². The van der Waals surface area contributed by atoms with E-state index in [1.165, 1.54) is 12.5 Å². The smallest absolute Gasteiger partial charge is 0.303 e. The fraction of sp³-hybridized carbons (Fsp3) is 0.593. The molecule has 34 heavy (non-hydrogen) atoms. The standard InChI is InChI=1S/C27H36N2O5/c1-6-15-33-17-27(31)23-26(20-10-9-19(32-5)16-21(20)28(23)4)12-14-29-13-8-11-25(7-2,22(26)29)24(27)34-18(3)30/h6,8-11,16,22-24,31H,1,7,12-15,17H2,2-5H3/t22-,23+,24+,25+,26+,27+/m0/s1. The highest BCUT2D eigenvalue weighted by Crippen LogP contribution is 2.67. The number of carbonyl (C=O) groups is 1. The molecule has 1 aromatic carbocycles. The molecule has 7 nitrogen and oxygen atoms in total. The lowest BCUT2D eigenvalue weighted by molar-refractivity contribution is -0.232. The Morgan fingerprint density at radius 3 is 2.82 bits per heavy atom. The molecular formula is C27H36N2O5. The fourth-order valence-electron chi connectivity index (χ4n) is 7.91. The van der Waals surface area contributed by atoms with Crippen LogP contribution in [0.15, 0.2) is 43.0 Å². The van der Waals surface area contributed by atoms with Crippen LogP contribution in [0, 0.1) is 5.41 Å². The van der Waals surface area contributed by atoms with E-state index < -0.39 is 23.1 Å². The maximum atomic E-state index is 12.7. The molecule has 0 bridgehead atoms. The average Bonchev–Trinajstić information content (AvgIpc) is 3.33. The first-order chi connectivity index (χ1) is 16.3. The fourth-order valence-corrected chi connectivity index (χ4v) is 7.91. The van der Waals surface area contributed by atoms with Gasteiger partial charge in [-0.1, -0.05) is 31.2 Å². The number of hydrogen-bond donors (Lipinski definition) is 1. The number of methoxy groups -OCH3 is 1. The van der Waals surface area contributed by atoms with Gasteiger partial charge in [0.15, 0.2) is 0 Å². The van der Waals surface area contributed by atoms with Crippen molar-refractivity contribution in [2.45, 2.75) is 55.9 Å². The Labute approximate surface area is 202 Å². The van der Waals surface area contributed by atoms with Crippen LogP contribution in [0.25, 0.3) is 0 Å². The molecule has 1 spiro atoms. The predicted octanol–water partition coefficient (Wildman–Crippen LogP) is 2.67. The van der Waals surface area contributed by atoms with Crippen molar-refractivity contribution in [3.63, 3.8) is 0 Å². The number of nitrogens with zero attached hydrogens (tertiary/aromatic N) is 2. The van der Waals surface area contributed by atoms with Crippen molar-refractivity contribution in [2.75, 3.05) is 45.4 Å². The number of rotatable bonds is 7. The SMILES string of the molecule is C=CCOC[C@]1(O)[C@H](OC(C)=O)[C@]2(CC)C=CCN3CC[C@@]4(c5ccc(OC)cc5N(C)[C@@H]14)[C@@H]32. The zero-order valence-corrected chi connectivity index (χ0v) is 20.6. The van der Waals surface area contributed by atoms with Gasteiger partial charge < -0.3 is 24.2 Å². The topological polar surface area (TPSA) is 71.5 Å². The number of anilines is 1. The minimum Gasteiger partial charge on any atom is -0.497 e. The Balaban J connectivity index is 1.79. The lowest BCUT2D eigenvalue weighted by atomic mass is 9.48. The summed E-state index contributed by atoms with van der Waals surface area (Å²) in [6, 6.07) is 6.00. The molecule has 1 aliphatic carbocycles. The third kappa shape index (κ3) is 2.84. The number of benzene rings is 1. The molecule has 0 radical (unpaired) electrons. The Morgan fingerprint density at radius 2 is 2.15 bits per heavy atom. The van der Waals surface area contributed by atoms with Crippen LogP contribution in [0.4, 0.5) is 5.69 Å². The number of likely N-dealkylation sites (N-methyl/N-ethyl adjacent to an activating group) is 1. The van der Waals surface area contributed by atoms with Gasteiger partial charge in [-0.15, -0.1) is 6.58 Å². The Bertz CT molecular complexity index is 1030. The van der Waals surface area contributed by atoms with Crippen LogP contribution in [0.1, 0.15) is 32.3 Å².